The van der Waals surface area contributed by atoms with Gasteiger partial charge in [0.25, 0.3) is 11.9 Å². The largest absolute Gasteiger partial charge is 0.437 e. The molecule has 5 rings (SSSR count). The summed E-state index contributed by atoms with van der Waals surface area (Å²) in [6, 6.07) is 8.56. The average Bonchev–Trinajstić information content (AvgIpc) is 3.65. The molecule has 2 saturated heterocycles. The van der Waals surface area contributed by atoms with Gasteiger partial charge in [0.05, 0.1) is 0 Å². The number of oxazole rings is 1. The van der Waals surface area contributed by atoms with Crippen molar-refractivity contribution in [3.05, 3.63) is 71.0 Å². The predicted molar refractivity (Wildman–Crippen MR) is 141 cm³/mol. The molecule has 0 bridgehead atoms. The number of aromatic nitrogens is 2. The Hall–Kier alpha value is -4.21. The fourth-order valence-electron chi connectivity index (χ4n) is 5.23. The van der Waals surface area contributed by atoms with Crippen LogP contribution in [0.5, 0.6) is 0 Å². The van der Waals surface area contributed by atoms with Crippen LogP contribution in [0, 0.1) is 5.82 Å². The van der Waals surface area contributed by atoms with Gasteiger partial charge in [-0.05, 0) is 35.7 Å². The number of pyridine rings is 1. The van der Waals surface area contributed by atoms with Crippen molar-refractivity contribution in [2.24, 2.45) is 0 Å². The van der Waals surface area contributed by atoms with E-state index in [0.717, 1.165) is 4.90 Å². The minimum absolute atomic E-state index is 0.0953. The van der Waals surface area contributed by atoms with Crippen LogP contribution in [-0.2, 0) is 17.4 Å². The first-order chi connectivity index (χ1) is 20.7. The lowest BCUT2D eigenvalue weighted by Crippen LogP contribution is -2.54. The van der Waals surface area contributed by atoms with Crippen LogP contribution in [0.25, 0.3) is 0 Å². The van der Waals surface area contributed by atoms with Crippen molar-refractivity contribution in [1.29, 1.82) is 0 Å². The standard InChI is InChI=1S/C28H26F7N5O4/c29-19-3-1-2-17(13-19)18-6-7-40(15-18)26-37-23(27(30,31)32)22(44-26)20(41)12-16-4-5-21(36-14-16)38-8-10-39(11-9-38)25(43)24(42)28(33,34)35/h1-5,13-14,18,24,42H,6-12,15H2. The van der Waals surface area contributed by atoms with Crippen molar-refractivity contribution in [3.8, 4) is 0 Å². The molecule has 3 aromatic rings. The summed E-state index contributed by atoms with van der Waals surface area (Å²) in [5.41, 5.74) is -0.475. The third-order valence-electron chi connectivity index (χ3n) is 7.55. The number of anilines is 2. The number of halogens is 7. The number of rotatable bonds is 7. The van der Waals surface area contributed by atoms with Gasteiger partial charge in [-0.1, -0.05) is 18.2 Å². The quantitative estimate of drug-likeness (QED) is 0.306. The maximum atomic E-state index is 13.8. The van der Waals surface area contributed by atoms with Crippen molar-refractivity contribution in [2.45, 2.75) is 37.2 Å². The van der Waals surface area contributed by atoms with Crippen molar-refractivity contribution >= 4 is 23.5 Å². The van der Waals surface area contributed by atoms with Crippen LogP contribution in [0.3, 0.4) is 0 Å². The molecule has 1 N–H and O–H groups in total. The van der Waals surface area contributed by atoms with Crippen molar-refractivity contribution in [2.75, 3.05) is 49.1 Å². The smallest absolute Gasteiger partial charge is 0.420 e. The van der Waals surface area contributed by atoms with Gasteiger partial charge in [-0.15, -0.1) is 0 Å². The first-order valence-electron chi connectivity index (χ1n) is 13.6. The van der Waals surface area contributed by atoms with Gasteiger partial charge in [-0.2, -0.15) is 31.3 Å². The highest BCUT2D eigenvalue weighted by molar-refractivity contribution is 5.96. The Labute approximate surface area is 245 Å². The highest BCUT2D eigenvalue weighted by Crippen LogP contribution is 2.37. The molecular weight excluding hydrogens is 603 g/mol. The lowest BCUT2D eigenvalue weighted by molar-refractivity contribution is -0.210. The summed E-state index contributed by atoms with van der Waals surface area (Å²) in [4.78, 5) is 36.7. The second-order valence-corrected chi connectivity index (χ2v) is 10.5. The summed E-state index contributed by atoms with van der Waals surface area (Å²) in [5, 5.41) is 9.20. The molecule has 2 aliphatic rings. The molecule has 2 unspecified atom stereocenters. The first kappa shape index (κ1) is 31.2. The van der Waals surface area contributed by atoms with Gasteiger partial charge in [0.15, 0.2) is 5.69 Å². The average molecular weight is 630 g/mol. The predicted octanol–water partition coefficient (Wildman–Crippen LogP) is 4.22. The number of hydrogen-bond acceptors (Lipinski definition) is 8. The zero-order valence-electron chi connectivity index (χ0n) is 22.9. The van der Waals surface area contributed by atoms with Gasteiger partial charge >= 0.3 is 12.4 Å². The molecule has 2 aromatic heterocycles. The second kappa shape index (κ2) is 12.1. The van der Waals surface area contributed by atoms with E-state index in [1.54, 1.807) is 17.0 Å². The zero-order valence-corrected chi connectivity index (χ0v) is 22.9. The van der Waals surface area contributed by atoms with Crippen LogP contribution >= 0.6 is 0 Å². The summed E-state index contributed by atoms with van der Waals surface area (Å²) < 4.78 is 98.4. The normalized spacial score (nSPS) is 18.5. The van der Waals surface area contributed by atoms with Crippen LogP contribution in [-0.4, -0.2) is 83.2 Å². The minimum atomic E-state index is -5.07. The van der Waals surface area contributed by atoms with E-state index in [9.17, 15) is 45.4 Å². The van der Waals surface area contributed by atoms with E-state index < -0.39 is 53.8 Å². The van der Waals surface area contributed by atoms with Gasteiger partial charge in [0.2, 0.25) is 17.6 Å². The zero-order chi connectivity index (χ0) is 31.8. The van der Waals surface area contributed by atoms with Crippen LogP contribution in [0.15, 0.2) is 47.0 Å². The Bertz CT molecular complexity index is 1500. The van der Waals surface area contributed by atoms with Crippen LogP contribution < -0.4 is 9.80 Å². The van der Waals surface area contributed by atoms with E-state index in [2.05, 4.69) is 9.97 Å². The van der Waals surface area contributed by atoms with E-state index in [-0.39, 0.29) is 50.2 Å². The van der Waals surface area contributed by atoms with E-state index in [4.69, 9.17) is 4.42 Å². The Kier molecular flexibility index (Phi) is 8.55. The number of carbonyl (C=O) groups excluding carboxylic acids is 2. The van der Waals surface area contributed by atoms with Crippen LogP contribution in [0.1, 0.15) is 39.7 Å². The third-order valence-corrected chi connectivity index (χ3v) is 7.55. The van der Waals surface area contributed by atoms with Crippen molar-refractivity contribution in [3.63, 3.8) is 0 Å². The number of carbonyl (C=O) groups is 2. The number of hydrogen-bond donors (Lipinski definition) is 1. The highest BCUT2D eigenvalue weighted by Gasteiger charge is 2.46. The number of alkyl halides is 6. The van der Waals surface area contributed by atoms with Crippen LogP contribution in [0.4, 0.5) is 42.6 Å². The number of piperazine rings is 1. The van der Waals surface area contributed by atoms with E-state index >= 15 is 0 Å². The Balaban J connectivity index is 1.23. The van der Waals surface area contributed by atoms with Crippen molar-refractivity contribution in [1.82, 2.24) is 14.9 Å². The number of ketones is 1. The summed E-state index contributed by atoms with van der Waals surface area (Å²) in [6.45, 7) is 0.570. The number of amides is 1. The van der Waals surface area contributed by atoms with Crippen molar-refractivity contribution < 1.29 is 49.8 Å². The molecule has 2 aliphatic heterocycles. The Morgan fingerprint density at radius 1 is 1.00 bits per heavy atom. The minimum Gasteiger partial charge on any atom is -0.420 e. The molecular formula is C28H26F7N5O4. The number of benzene rings is 1. The molecule has 0 spiro atoms. The summed E-state index contributed by atoms with van der Waals surface area (Å²) >= 11 is 0. The number of Topliss-reactive ketones (excluding diaryl/α,β-unsaturated/α-hetero) is 1. The monoisotopic (exact) mass is 629 g/mol. The lowest BCUT2D eigenvalue weighted by atomic mass is 9.98. The maximum Gasteiger partial charge on any atom is 0.437 e. The number of aliphatic hydroxyl groups is 1. The molecule has 236 valence electrons. The molecule has 2 atom stereocenters. The summed E-state index contributed by atoms with van der Waals surface area (Å²) in [5.74, 6) is -3.56. The van der Waals surface area contributed by atoms with Gasteiger partial charge in [-0.25, -0.2) is 9.37 Å². The van der Waals surface area contributed by atoms with E-state index in [1.165, 1.54) is 35.4 Å². The van der Waals surface area contributed by atoms with Gasteiger partial charge < -0.3 is 24.2 Å². The highest BCUT2D eigenvalue weighted by atomic mass is 19.4. The fourth-order valence-corrected chi connectivity index (χ4v) is 5.23. The second-order valence-electron chi connectivity index (χ2n) is 10.5. The van der Waals surface area contributed by atoms with Gasteiger partial charge in [0.1, 0.15) is 11.6 Å². The Morgan fingerprint density at radius 2 is 1.73 bits per heavy atom. The number of nitrogens with zero attached hydrogens (tertiary/aromatic N) is 5. The molecule has 1 amide bonds. The fraction of sp³-hybridized carbons (Fsp3) is 0.429. The van der Waals surface area contributed by atoms with E-state index in [1.807, 2.05) is 0 Å². The third kappa shape index (κ3) is 6.79. The molecule has 9 nitrogen and oxygen atoms in total. The first-order valence-corrected chi connectivity index (χ1v) is 13.6. The molecule has 1 aromatic carbocycles. The summed E-state index contributed by atoms with van der Waals surface area (Å²) in [6.07, 6.45) is -11.8. The molecule has 16 heteroatoms. The number of aliphatic hydroxyl groups excluding tert-OH is 1. The SMILES string of the molecule is O=C(Cc1ccc(N2CCN(C(=O)C(O)C(F)(F)F)CC2)nc1)c1oc(N2CCC(c3cccc(F)c3)C2)nc1C(F)(F)F. The Morgan fingerprint density at radius 3 is 2.34 bits per heavy atom. The summed E-state index contributed by atoms with van der Waals surface area (Å²) in [7, 11) is 0. The lowest BCUT2D eigenvalue weighted by Gasteiger charge is -2.36. The maximum absolute atomic E-state index is 13.8. The molecule has 0 radical (unpaired) electrons. The topological polar surface area (TPSA) is 103 Å². The molecule has 2 fully saturated rings. The van der Waals surface area contributed by atoms with E-state index in [0.29, 0.717) is 24.3 Å². The molecule has 0 saturated carbocycles. The molecule has 0 aliphatic carbocycles. The molecule has 4 heterocycles. The van der Waals surface area contributed by atoms with Crippen LogP contribution in [0.2, 0.25) is 0 Å². The van der Waals surface area contributed by atoms with Gasteiger partial charge in [0, 0.05) is 57.8 Å². The van der Waals surface area contributed by atoms with Gasteiger partial charge in [-0.3, -0.25) is 9.59 Å². The molecule has 44 heavy (non-hydrogen) atoms.